The molecule has 0 aromatic heterocycles. The molecule has 1 amide bonds. The number of piperazine rings is 1. The number of primary amides is 1. The zero-order valence-corrected chi connectivity index (χ0v) is 19.0. The Morgan fingerprint density at radius 3 is 2.42 bits per heavy atom. The van der Waals surface area contributed by atoms with Crippen molar-refractivity contribution in [2.45, 2.75) is 56.8 Å². The van der Waals surface area contributed by atoms with Crippen LogP contribution in [0.2, 0.25) is 10.0 Å². The van der Waals surface area contributed by atoms with E-state index in [-0.39, 0.29) is 11.6 Å². The van der Waals surface area contributed by atoms with Gasteiger partial charge in [-0.3, -0.25) is 14.6 Å². The first kappa shape index (κ1) is 21.2. The summed E-state index contributed by atoms with van der Waals surface area (Å²) in [6, 6.07) is 10.1. The standard InChI is InChI=1S/C24H26Cl2FN3O/c1-13(15-4-17(25)7-18(26)5-15)30-12-19-8-20(30)11-29(19)10-16-6-23(27)22(24(28)31)9-21(16)14-2-3-14/h4-7,9,13-14,19-20H,2-3,8,10-12H2,1H3,(H2,28,31)/t13-,19+,20+/m1/s1. The quantitative estimate of drug-likeness (QED) is 0.648. The molecule has 2 aliphatic heterocycles. The van der Waals surface area contributed by atoms with E-state index in [9.17, 15) is 9.18 Å². The number of benzene rings is 2. The minimum absolute atomic E-state index is 0.00813. The second kappa shape index (κ2) is 8.04. The molecular formula is C24H26Cl2FN3O. The highest BCUT2D eigenvalue weighted by molar-refractivity contribution is 6.34. The Labute approximate surface area is 192 Å². The summed E-state index contributed by atoms with van der Waals surface area (Å²) in [6.07, 6.45) is 3.30. The summed E-state index contributed by atoms with van der Waals surface area (Å²) >= 11 is 12.4. The molecule has 2 N–H and O–H groups in total. The molecule has 3 aliphatic rings. The molecule has 0 radical (unpaired) electrons. The maximum atomic E-state index is 14.5. The Balaban J connectivity index is 1.31. The van der Waals surface area contributed by atoms with Crippen molar-refractivity contribution < 1.29 is 9.18 Å². The zero-order chi connectivity index (χ0) is 21.9. The SMILES string of the molecule is C[C@H](c1cc(Cl)cc(Cl)c1)N1C[C@@H]2C[C@H]1CN2Cc1cc(F)c(C(N)=O)cc1C1CC1. The van der Waals surface area contributed by atoms with Crippen molar-refractivity contribution in [2.24, 2.45) is 5.73 Å². The van der Waals surface area contributed by atoms with Gasteiger partial charge in [-0.05, 0) is 79.1 Å². The Morgan fingerprint density at radius 1 is 1.13 bits per heavy atom. The van der Waals surface area contributed by atoms with Crippen molar-refractivity contribution in [3.63, 3.8) is 0 Å². The van der Waals surface area contributed by atoms with Crippen LogP contribution < -0.4 is 5.73 Å². The average Bonchev–Trinajstić information content (AvgIpc) is 3.36. The average molecular weight is 462 g/mol. The number of amides is 1. The number of carbonyl (C=O) groups is 1. The van der Waals surface area contributed by atoms with Crippen molar-refractivity contribution in [1.82, 2.24) is 9.80 Å². The summed E-state index contributed by atoms with van der Waals surface area (Å²) in [6.45, 7) is 4.84. The summed E-state index contributed by atoms with van der Waals surface area (Å²) in [5.41, 5.74) is 8.60. The fraction of sp³-hybridized carbons (Fsp3) is 0.458. The number of nitrogens with two attached hydrogens (primary N) is 1. The molecule has 2 heterocycles. The van der Waals surface area contributed by atoms with Crippen LogP contribution in [0.3, 0.4) is 0 Å². The molecule has 2 aromatic carbocycles. The van der Waals surface area contributed by atoms with Crippen LogP contribution >= 0.6 is 23.2 Å². The Hall–Kier alpha value is -1.66. The van der Waals surface area contributed by atoms with Crippen LogP contribution in [0.25, 0.3) is 0 Å². The molecule has 4 nitrogen and oxygen atoms in total. The van der Waals surface area contributed by atoms with Gasteiger partial charge in [0.1, 0.15) is 5.82 Å². The highest BCUT2D eigenvalue weighted by Gasteiger charge is 2.45. The predicted molar refractivity (Wildman–Crippen MR) is 121 cm³/mol. The van der Waals surface area contributed by atoms with E-state index in [4.69, 9.17) is 28.9 Å². The van der Waals surface area contributed by atoms with Gasteiger partial charge >= 0.3 is 0 Å². The molecule has 3 atom stereocenters. The summed E-state index contributed by atoms with van der Waals surface area (Å²) in [5.74, 6) is -0.779. The van der Waals surface area contributed by atoms with Crippen LogP contribution in [0.15, 0.2) is 30.3 Å². The van der Waals surface area contributed by atoms with E-state index in [1.165, 1.54) is 6.07 Å². The molecule has 164 valence electrons. The van der Waals surface area contributed by atoms with Crippen molar-refractivity contribution in [1.29, 1.82) is 0 Å². The summed E-state index contributed by atoms with van der Waals surface area (Å²) < 4.78 is 14.5. The van der Waals surface area contributed by atoms with E-state index in [0.29, 0.717) is 34.6 Å². The summed E-state index contributed by atoms with van der Waals surface area (Å²) in [5, 5.41) is 1.32. The van der Waals surface area contributed by atoms with E-state index in [2.05, 4.69) is 16.7 Å². The molecule has 2 bridgehead atoms. The van der Waals surface area contributed by atoms with E-state index >= 15 is 0 Å². The highest BCUT2D eigenvalue weighted by Crippen LogP contribution is 2.44. The van der Waals surface area contributed by atoms with Crippen LogP contribution in [0.1, 0.15) is 65.2 Å². The molecule has 2 aromatic rings. The minimum Gasteiger partial charge on any atom is -0.366 e. The lowest BCUT2D eigenvalue weighted by atomic mass is 9.98. The van der Waals surface area contributed by atoms with Gasteiger partial charge < -0.3 is 5.73 Å². The van der Waals surface area contributed by atoms with Gasteiger partial charge in [0.25, 0.3) is 5.91 Å². The Bertz CT molecular complexity index is 1020. The van der Waals surface area contributed by atoms with Gasteiger partial charge in [-0.1, -0.05) is 23.2 Å². The van der Waals surface area contributed by atoms with E-state index < -0.39 is 11.7 Å². The van der Waals surface area contributed by atoms with Gasteiger partial charge in [-0.25, -0.2) is 4.39 Å². The van der Waals surface area contributed by atoms with Crippen LogP contribution in [-0.4, -0.2) is 40.9 Å². The topological polar surface area (TPSA) is 49.6 Å². The molecule has 2 saturated heterocycles. The highest BCUT2D eigenvalue weighted by atomic mass is 35.5. The van der Waals surface area contributed by atoms with Gasteiger partial charge in [-0.2, -0.15) is 0 Å². The third-order valence-corrected chi connectivity index (χ3v) is 7.58. The zero-order valence-electron chi connectivity index (χ0n) is 17.5. The normalized spacial score (nSPS) is 24.6. The monoisotopic (exact) mass is 461 g/mol. The number of halogens is 3. The number of nitrogens with zero attached hydrogens (tertiary/aromatic N) is 2. The second-order valence-corrected chi connectivity index (χ2v) is 10.1. The maximum Gasteiger partial charge on any atom is 0.251 e. The van der Waals surface area contributed by atoms with Gasteiger partial charge in [0.15, 0.2) is 0 Å². The third kappa shape index (κ3) is 4.09. The first-order valence-electron chi connectivity index (χ1n) is 10.9. The van der Waals surface area contributed by atoms with Crippen molar-refractivity contribution in [2.75, 3.05) is 13.1 Å². The number of carbonyl (C=O) groups excluding carboxylic acids is 1. The van der Waals surface area contributed by atoms with Crippen molar-refractivity contribution in [3.8, 4) is 0 Å². The maximum absolute atomic E-state index is 14.5. The van der Waals surface area contributed by atoms with Gasteiger partial charge in [0, 0.05) is 47.8 Å². The fourth-order valence-corrected chi connectivity index (χ4v) is 5.95. The predicted octanol–water partition coefficient (Wildman–Crippen LogP) is 5.13. The van der Waals surface area contributed by atoms with Crippen molar-refractivity contribution >= 4 is 29.1 Å². The van der Waals surface area contributed by atoms with Crippen LogP contribution in [0, 0.1) is 5.82 Å². The molecular weight excluding hydrogens is 436 g/mol. The Kier molecular flexibility index (Phi) is 5.50. The second-order valence-electron chi connectivity index (χ2n) is 9.22. The number of fused-ring (bicyclic) bond motifs is 2. The number of hydrogen-bond donors (Lipinski definition) is 1. The van der Waals surface area contributed by atoms with E-state index in [0.717, 1.165) is 49.0 Å². The molecule has 3 fully saturated rings. The van der Waals surface area contributed by atoms with Gasteiger partial charge in [0.2, 0.25) is 0 Å². The molecule has 0 spiro atoms. The summed E-state index contributed by atoms with van der Waals surface area (Å²) in [4.78, 5) is 16.6. The lowest BCUT2D eigenvalue weighted by Gasteiger charge is -2.38. The lowest BCUT2D eigenvalue weighted by molar-refractivity contribution is 0.0935. The first-order valence-corrected chi connectivity index (χ1v) is 11.6. The van der Waals surface area contributed by atoms with Crippen molar-refractivity contribution in [3.05, 3.63) is 68.4 Å². The fourth-order valence-electron chi connectivity index (χ4n) is 5.41. The van der Waals surface area contributed by atoms with Crippen LogP contribution in [0.5, 0.6) is 0 Å². The Morgan fingerprint density at radius 2 is 1.84 bits per heavy atom. The van der Waals surface area contributed by atoms with Crippen LogP contribution in [0.4, 0.5) is 4.39 Å². The molecule has 7 heteroatoms. The molecule has 31 heavy (non-hydrogen) atoms. The number of hydrogen-bond acceptors (Lipinski definition) is 3. The van der Waals surface area contributed by atoms with E-state index in [1.54, 1.807) is 12.1 Å². The molecule has 0 unspecified atom stereocenters. The smallest absolute Gasteiger partial charge is 0.251 e. The largest absolute Gasteiger partial charge is 0.366 e. The number of rotatable bonds is 6. The van der Waals surface area contributed by atoms with E-state index in [1.807, 2.05) is 12.1 Å². The molecule has 1 saturated carbocycles. The van der Waals surface area contributed by atoms with Gasteiger partial charge in [0.05, 0.1) is 5.56 Å². The lowest BCUT2D eigenvalue weighted by Crippen LogP contribution is -2.46. The third-order valence-electron chi connectivity index (χ3n) is 7.15. The summed E-state index contributed by atoms with van der Waals surface area (Å²) in [7, 11) is 0. The number of likely N-dealkylation sites (tertiary alicyclic amines) is 2. The van der Waals surface area contributed by atoms with Gasteiger partial charge in [-0.15, -0.1) is 0 Å². The first-order chi connectivity index (χ1) is 14.8. The molecule has 1 aliphatic carbocycles. The molecule has 5 rings (SSSR count). The van der Waals surface area contributed by atoms with Crippen LogP contribution in [-0.2, 0) is 6.54 Å². The minimum atomic E-state index is -0.697.